The zero-order valence-corrected chi connectivity index (χ0v) is 14.2. The Labute approximate surface area is 154 Å². The molecular formula is C19H16N8+2. The van der Waals surface area contributed by atoms with Crippen LogP contribution in [0.4, 0.5) is 11.6 Å². The molecule has 0 atom stereocenters. The molecule has 2 aromatic carbocycles. The number of nitrogens with zero attached hydrogens (tertiary/aromatic N) is 5. The second-order valence-electron chi connectivity index (χ2n) is 5.95. The summed E-state index contributed by atoms with van der Waals surface area (Å²) < 4.78 is 3.60. The van der Waals surface area contributed by atoms with Crippen LogP contribution in [0.2, 0.25) is 0 Å². The van der Waals surface area contributed by atoms with E-state index in [1.807, 2.05) is 49.1 Å². The van der Waals surface area contributed by atoms with E-state index in [4.69, 9.17) is 0 Å². The lowest BCUT2D eigenvalue weighted by atomic mass is 10.1. The first-order valence-corrected chi connectivity index (χ1v) is 8.46. The Morgan fingerprint density at radius 2 is 1.41 bits per heavy atom. The van der Waals surface area contributed by atoms with Gasteiger partial charge in [0.05, 0.1) is 30.5 Å². The van der Waals surface area contributed by atoms with Gasteiger partial charge in [0, 0.05) is 5.39 Å². The molecule has 27 heavy (non-hydrogen) atoms. The van der Waals surface area contributed by atoms with Crippen molar-refractivity contribution in [2.45, 2.75) is 0 Å². The second kappa shape index (κ2) is 6.34. The lowest BCUT2D eigenvalue weighted by Gasteiger charge is -2.06. The number of H-pyrrole nitrogens is 2. The van der Waals surface area contributed by atoms with E-state index in [0.717, 1.165) is 16.5 Å². The number of nitrogens with one attached hydrogen (secondary N) is 3. The number of rotatable bonds is 4. The van der Waals surface area contributed by atoms with Gasteiger partial charge < -0.3 is 5.32 Å². The van der Waals surface area contributed by atoms with Crippen LogP contribution in [0.15, 0.2) is 79.9 Å². The van der Waals surface area contributed by atoms with Crippen molar-refractivity contribution in [2.75, 3.05) is 5.32 Å². The Bertz CT molecular complexity index is 1140. The Balaban J connectivity index is 1.63. The summed E-state index contributed by atoms with van der Waals surface area (Å²) in [6, 6.07) is 14.3. The molecule has 0 bridgehead atoms. The van der Waals surface area contributed by atoms with E-state index in [0.29, 0.717) is 17.8 Å². The SMILES string of the molecule is c1ccc2c(Nc3nc(-[n+]4cc[nH]c4)nc(-[n+]4cc[nH]c4)n3)cccc2c1. The third-order valence-corrected chi connectivity index (χ3v) is 4.20. The van der Waals surface area contributed by atoms with Crippen LogP contribution >= 0.6 is 0 Å². The van der Waals surface area contributed by atoms with E-state index in [9.17, 15) is 0 Å². The number of hydrogen-bond donors (Lipinski definition) is 3. The zero-order chi connectivity index (χ0) is 18.1. The fourth-order valence-electron chi connectivity index (χ4n) is 2.92. The first-order chi connectivity index (χ1) is 13.4. The van der Waals surface area contributed by atoms with Crippen LogP contribution in [0, 0.1) is 0 Å². The molecule has 0 aliphatic rings. The predicted molar refractivity (Wildman–Crippen MR) is 98.8 cm³/mol. The van der Waals surface area contributed by atoms with E-state index in [1.165, 1.54) is 0 Å². The number of benzene rings is 2. The monoisotopic (exact) mass is 356 g/mol. The Morgan fingerprint density at radius 1 is 0.741 bits per heavy atom. The van der Waals surface area contributed by atoms with Gasteiger partial charge in [0.15, 0.2) is 12.7 Å². The Kier molecular flexibility index (Phi) is 3.57. The lowest BCUT2D eigenvalue weighted by molar-refractivity contribution is -0.614. The maximum atomic E-state index is 4.57. The third kappa shape index (κ3) is 2.89. The van der Waals surface area contributed by atoms with Gasteiger partial charge in [-0.05, 0) is 16.4 Å². The van der Waals surface area contributed by atoms with Gasteiger partial charge >= 0.3 is 17.8 Å². The van der Waals surface area contributed by atoms with Crippen molar-refractivity contribution < 1.29 is 9.13 Å². The summed E-state index contributed by atoms with van der Waals surface area (Å²) in [6.45, 7) is 0. The summed E-state index contributed by atoms with van der Waals surface area (Å²) in [5.74, 6) is 1.49. The molecule has 3 N–H and O–H groups in total. The van der Waals surface area contributed by atoms with Crippen LogP contribution in [0.5, 0.6) is 0 Å². The van der Waals surface area contributed by atoms with Crippen molar-refractivity contribution in [3.05, 3.63) is 79.9 Å². The summed E-state index contributed by atoms with van der Waals surface area (Å²) in [5.41, 5.74) is 0.939. The van der Waals surface area contributed by atoms with Crippen LogP contribution in [-0.4, -0.2) is 24.9 Å². The van der Waals surface area contributed by atoms with Crippen LogP contribution in [-0.2, 0) is 0 Å². The topological polar surface area (TPSA) is 90.0 Å². The van der Waals surface area contributed by atoms with Crippen molar-refractivity contribution in [1.82, 2.24) is 24.9 Å². The highest BCUT2D eigenvalue weighted by atomic mass is 15.3. The first-order valence-electron chi connectivity index (χ1n) is 8.46. The third-order valence-electron chi connectivity index (χ3n) is 4.20. The molecule has 0 aliphatic carbocycles. The maximum absolute atomic E-state index is 4.57. The average molecular weight is 356 g/mol. The van der Waals surface area contributed by atoms with E-state index in [2.05, 4.69) is 48.4 Å². The van der Waals surface area contributed by atoms with Crippen LogP contribution in [0.1, 0.15) is 0 Å². The fraction of sp³-hybridized carbons (Fsp3) is 0. The number of hydrogen-bond acceptors (Lipinski definition) is 4. The highest BCUT2D eigenvalue weighted by Gasteiger charge is 2.21. The molecule has 3 heterocycles. The minimum atomic E-state index is 0.466. The van der Waals surface area contributed by atoms with Crippen molar-refractivity contribution in [3.8, 4) is 11.9 Å². The summed E-state index contributed by atoms with van der Waals surface area (Å²) in [7, 11) is 0. The molecule has 0 radical (unpaired) electrons. The quantitative estimate of drug-likeness (QED) is 0.430. The highest BCUT2D eigenvalue weighted by Crippen LogP contribution is 2.25. The van der Waals surface area contributed by atoms with Gasteiger partial charge in [-0.25, -0.2) is 0 Å². The van der Waals surface area contributed by atoms with Crippen LogP contribution in [0.25, 0.3) is 22.7 Å². The minimum absolute atomic E-state index is 0.466. The Hall–Kier alpha value is -4.07. The molecule has 8 nitrogen and oxygen atoms in total. The van der Waals surface area contributed by atoms with Crippen molar-refractivity contribution in [1.29, 1.82) is 0 Å². The molecule has 130 valence electrons. The smallest absolute Gasteiger partial charge is 0.302 e. The first kappa shape index (κ1) is 15.2. The summed E-state index contributed by atoms with van der Waals surface area (Å²) in [5, 5.41) is 5.60. The predicted octanol–water partition coefficient (Wildman–Crippen LogP) is 1.98. The van der Waals surface area contributed by atoms with Gasteiger partial charge in [-0.3, -0.25) is 9.97 Å². The molecule has 5 aromatic rings. The molecule has 0 saturated heterocycles. The van der Waals surface area contributed by atoms with Crippen LogP contribution < -0.4 is 14.5 Å². The summed E-state index contributed by atoms with van der Waals surface area (Å²) in [6.07, 6.45) is 10.9. The molecule has 3 aromatic heterocycles. The van der Waals surface area contributed by atoms with Crippen molar-refractivity contribution in [2.24, 2.45) is 0 Å². The molecule has 0 spiro atoms. The number of imidazole rings is 2. The molecule has 5 rings (SSSR count). The summed E-state index contributed by atoms with van der Waals surface area (Å²) >= 11 is 0. The molecule has 0 unspecified atom stereocenters. The number of anilines is 2. The van der Waals surface area contributed by atoms with Gasteiger partial charge in [-0.2, -0.15) is 9.13 Å². The summed E-state index contributed by atoms with van der Waals surface area (Å²) in [4.78, 5) is 19.7. The van der Waals surface area contributed by atoms with Crippen molar-refractivity contribution >= 4 is 22.4 Å². The van der Waals surface area contributed by atoms with Gasteiger partial charge in [0.25, 0.3) is 0 Å². The second-order valence-corrected chi connectivity index (χ2v) is 5.95. The van der Waals surface area contributed by atoms with E-state index in [-0.39, 0.29) is 0 Å². The molecular weight excluding hydrogens is 340 g/mol. The van der Waals surface area contributed by atoms with Gasteiger partial charge in [-0.1, -0.05) is 46.4 Å². The van der Waals surface area contributed by atoms with Gasteiger partial charge in [0.1, 0.15) is 0 Å². The molecule has 0 saturated carbocycles. The fourth-order valence-corrected chi connectivity index (χ4v) is 2.92. The lowest BCUT2D eigenvalue weighted by Crippen LogP contribution is -2.36. The Morgan fingerprint density at radius 3 is 2.07 bits per heavy atom. The molecule has 0 aliphatic heterocycles. The van der Waals surface area contributed by atoms with Gasteiger partial charge in [0.2, 0.25) is 0 Å². The number of aromatic amines is 2. The highest BCUT2D eigenvalue weighted by molar-refractivity contribution is 5.94. The standard InChI is InChI=1S/C19H14N8/c1-2-6-15-14(4-1)5-3-7-16(15)22-17-23-18(26-10-8-20-12-26)25-19(24-17)27-11-9-21-13-27/h1-13H,(H,22,23,24,25)/p+2. The maximum Gasteiger partial charge on any atom is 0.398 e. The number of aromatic nitrogens is 7. The van der Waals surface area contributed by atoms with E-state index in [1.54, 1.807) is 21.8 Å². The number of fused-ring (bicyclic) bond motifs is 1. The average Bonchev–Trinajstić information content (AvgIpc) is 3.42. The molecule has 0 fully saturated rings. The van der Waals surface area contributed by atoms with Gasteiger partial charge in [-0.15, -0.1) is 0 Å². The van der Waals surface area contributed by atoms with Crippen molar-refractivity contribution in [3.63, 3.8) is 0 Å². The zero-order valence-electron chi connectivity index (χ0n) is 14.2. The van der Waals surface area contributed by atoms with E-state index < -0.39 is 0 Å². The van der Waals surface area contributed by atoms with Crippen LogP contribution in [0.3, 0.4) is 0 Å². The minimum Gasteiger partial charge on any atom is -0.302 e. The normalized spacial score (nSPS) is 11.0. The molecule has 0 amide bonds. The van der Waals surface area contributed by atoms with E-state index >= 15 is 0 Å². The molecule has 8 heteroatoms. The largest absolute Gasteiger partial charge is 0.398 e.